The predicted octanol–water partition coefficient (Wildman–Crippen LogP) is 1.69. The molecule has 1 aliphatic rings. The number of phenolic OH excluding ortho intramolecular Hbond substituents is 1. The normalized spacial score (nSPS) is 22.1. The first-order chi connectivity index (χ1) is 7.15. The Morgan fingerprint density at radius 1 is 1.53 bits per heavy atom. The Hall–Kier alpha value is -0.580. The standard InChI is InChI=1S/C11H15BrN2O/c12-11-2-1-10(15)5-8(11)6-14-4-3-9(13)7-14/h1-2,5,9,15H,3-4,6-7,13H2/t9-/m1/s1. The van der Waals surface area contributed by atoms with Crippen LogP contribution in [0.1, 0.15) is 12.0 Å². The molecular formula is C11H15BrN2O. The topological polar surface area (TPSA) is 49.5 Å². The molecule has 1 fully saturated rings. The number of hydrogen-bond acceptors (Lipinski definition) is 3. The van der Waals surface area contributed by atoms with Gasteiger partial charge in [-0.15, -0.1) is 0 Å². The molecule has 0 aliphatic carbocycles. The van der Waals surface area contributed by atoms with Gasteiger partial charge in [0.2, 0.25) is 0 Å². The van der Waals surface area contributed by atoms with Crippen molar-refractivity contribution in [2.75, 3.05) is 13.1 Å². The predicted molar refractivity (Wildman–Crippen MR) is 63.7 cm³/mol. The van der Waals surface area contributed by atoms with Crippen LogP contribution in [0.2, 0.25) is 0 Å². The average molecular weight is 271 g/mol. The third kappa shape index (κ3) is 2.71. The smallest absolute Gasteiger partial charge is 0.115 e. The number of likely N-dealkylation sites (tertiary alicyclic amines) is 1. The van der Waals surface area contributed by atoms with Gasteiger partial charge in [-0.25, -0.2) is 0 Å². The van der Waals surface area contributed by atoms with Crippen molar-refractivity contribution in [1.82, 2.24) is 4.90 Å². The van der Waals surface area contributed by atoms with Gasteiger partial charge in [-0.1, -0.05) is 15.9 Å². The van der Waals surface area contributed by atoms with Crippen LogP contribution in [0.4, 0.5) is 0 Å². The van der Waals surface area contributed by atoms with Gasteiger partial charge < -0.3 is 10.8 Å². The van der Waals surface area contributed by atoms with Crippen molar-refractivity contribution in [3.63, 3.8) is 0 Å². The summed E-state index contributed by atoms with van der Waals surface area (Å²) >= 11 is 3.48. The van der Waals surface area contributed by atoms with E-state index in [4.69, 9.17) is 5.73 Å². The van der Waals surface area contributed by atoms with E-state index in [0.717, 1.165) is 36.1 Å². The number of benzene rings is 1. The van der Waals surface area contributed by atoms with Gasteiger partial charge in [0.15, 0.2) is 0 Å². The van der Waals surface area contributed by atoms with Crippen molar-refractivity contribution >= 4 is 15.9 Å². The molecule has 0 aromatic heterocycles. The highest BCUT2D eigenvalue weighted by Crippen LogP contribution is 2.24. The minimum atomic E-state index is 0.307. The van der Waals surface area contributed by atoms with E-state index in [1.54, 1.807) is 12.1 Å². The Morgan fingerprint density at radius 2 is 2.33 bits per heavy atom. The van der Waals surface area contributed by atoms with Gasteiger partial charge >= 0.3 is 0 Å². The summed E-state index contributed by atoms with van der Waals surface area (Å²) in [5, 5.41) is 9.40. The molecule has 1 aliphatic heterocycles. The molecule has 3 nitrogen and oxygen atoms in total. The number of rotatable bonds is 2. The second-order valence-electron chi connectivity index (χ2n) is 4.06. The largest absolute Gasteiger partial charge is 0.508 e. The number of nitrogens with zero attached hydrogens (tertiary/aromatic N) is 1. The van der Waals surface area contributed by atoms with Crippen LogP contribution in [0.15, 0.2) is 22.7 Å². The summed E-state index contributed by atoms with van der Waals surface area (Å²) in [4.78, 5) is 2.31. The zero-order valence-electron chi connectivity index (χ0n) is 8.49. The monoisotopic (exact) mass is 270 g/mol. The van der Waals surface area contributed by atoms with Crippen LogP contribution in [0.3, 0.4) is 0 Å². The Kier molecular flexibility index (Phi) is 3.29. The fourth-order valence-corrected chi connectivity index (χ4v) is 2.30. The van der Waals surface area contributed by atoms with Gasteiger partial charge in [-0.05, 0) is 30.2 Å². The molecule has 4 heteroatoms. The summed E-state index contributed by atoms with van der Waals surface area (Å²) in [7, 11) is 0. The second-order valence-corrected chi connectivity index (χ2v) is 4.91. The lowest BCUT2D eigenvalue weighted by Gasteiger charge is -2.16. The van der Waals surface area contributed by atoms with E-state index in [-0.39, 0.29) is 0 Å². The van der Waals surface area contributed by atoms with Crippen LogP contribution in [0.5, 0.6) is 5.75 Å². The molecule has 0 bridgehead atoms. The molecule has 0 unspecified atom stereocenters. The molecule has 0 spiro atoms. The van der Waals surface area contributed by atoms with E-state index in [1.807, 2.05) is 6.07 Å². The maximum atomic E-state index is 9.40. The molecule has 1 atom stereocenters. The Labute approximate surface area is 98.0 Å². The van der Waals surface area contributed by atoms with Gasteiger partial charge in [0.25, 0.3) is 0 Å². The van der Waals surface area contributed by atoms with E-state index in [9.17, 15) is 5.11 Å². The summed E-state index contributed by atoms with van der Waals surface area (Å²) in [5.74, 6) is 0.316. The SMILES string of the molecule is N[C@@H]1CCN(Cc2cc(O)ccc2Br)C1. The second kappa shape index (κ2) is 4.51. The van der Waals surface area contributed by atoms with Crippen molar-refractivity contribution in [1.29, 1.82) is 0 Å². The molecule has 1 aromatic carbocycles. The first-order valence-electron chi connectivity index (χ1n) is 5.10. The fraction of sp³-hybridized carbons (Fsp3) is 0.455. The lowest BCUT2D eigenvalue weighted by atomic mass is 10.2. The summed E-state index contributed by atoms with van der Waals surface area (Å²) in [5.41, 5.74) is 6.96. The molecule has 1 aromatic rings. The van der Waals surface area contributed by atoms with E-state index < -0.39 is 0 Å². The van der Waals surface area contributed by atoms with Crippen molar-refractivity contribution in [3.8, 4) is 5.75 Å². The summed E-state index contributed by atoms with van der Waals surface area (Å²) in [6, 6.07) is 5.67. The zero-order chi connectivity index (χ0) is 10.8. The van der Waals surface area contributed by atoms with Crippen LogP contribution in [-0.4, -0.2) is 29.1 Å². The Bertz CT molecular complexity index is 356. The summed E-state index contributed by atoms with van der Waals surface area (Å²) < 4.78 is 1.04. The average Bonchev–Trinajstić information content (AvgIpc) is 2.58. The minimum Gasteiger partial charge on any atom is -0.508 e. The van der Waals surface area contributed by atoms with E-state index in [2.05, 4.69) is 20.8 Å². The highest BCUT2D eigenvalue weighted by atomic mass is 79.9. The molecule has 1 saturated heterocycles. The molecule has 0 amide bonds. The van der Waals surface area contributed by atoms with Gasteiger partial charge in [0.05, 0.1) is 0 Å². The maximum absolute atomic E-state index is 9.40. The van der Waals surface area contributed by atoms with Crippen molar-refractivity contribution in [3.05, 3.63) is 28.2 Å². The van der Waals surface area contributed by atoms with E-state index >= 15 is 0 Å². The third-order valence-corrected chi connectivity index (χ3v) is 3.51. The quantitative estimate of drug-likeness (QED) is 0.860. The van der Waals surface area contributed by atoms with Gasteiger partial charge in [-0.2, -0.15) is 0 Å². The fourth-order valence-electron chi connectivity index (χ4n) is 1.93. The van der Waals surface area contributed by atoms with Crippen molar-refractivity contribution in [2.45, 2.75) is 19.0 Å². The number of aromatic hydroxyl groups is 1. The molecule has 15 heavy (non-hydrogen) atoms. The van der Waals surface area contributed by atoms with Crippen molar-refractivity contribution in [2.24, 2.45) is 5.73 Å². The molecule has 0 saturated carbocycles. The lowest BCUT2D eigenvalue weighted by molar-refractivity contribution is 0.325. The van der Waals surface area contributed by atoms with Gasteiger partial charge in [0.1, 0.15) is 5.75 Å². The van der Waals surface area contributed by atoms with Crippen molar-refractivity contribution < 1.29 is 5.11 Å². The van der Waals surface area contributed by atoms with Crippen LogP contribution in [0, 0.1) is 0 Å². The zero-order valence-corrected chi connectivity index (χ0v) is 10.1. The Balaban J connectivity index is 2.07. The van der Waals surface area contributed by atoms with Crippen LogP contribution < -0.4 is 5.73 Å². The van der Waals surface area contributed by atoms with Crippen LogP contribution in [-0.2, 0) is 6.54 Å². The molecule has 0 radical (unpaired) electrons. The minimum absolute atomic E-state index is 0.307. The first kappa shape index (κ1) is 10.9. The van der Waals surface area contributed by atoms with E-state index in [0.29, 0.717) is 11.8 Å². The lowest BCUT2D eigenvalue weighted by Crippen LogP contribution is -2.26. The van der Waals surface area contributed by atoms with Crippen LogP contribution in [0.25, 0.3) is 0 Å². The molecular weight excluding hydrogens is 256 g/mol. The number of phenols is 1. The van der Waals surface area contributed by atoms with Gasteiger partial charge in [0, 0.05) is 30.1 Å². The number of hydrogen-bond donors (Lipinski definition) is 2. The van der Waals surface area contributed by atoms with Crippen LogP contribution >= 0.6 is 15.9 Å². The Morgan fingerprint density at radius 3 is 3.00 bits per heavy atom. The number of nitrogens with two attached hydrogens (primary N) is 1. The van der Waals surface area contributed by atoms with E-state index in [1.165, 1.54) is 0 Å². The molecule has 2 rings (SSSR count). The number of halogens is 1. The highest BCUT2D eigenvalue weighted by Gasteiger charge is 2.19. The third-order valence-electron chi connectivity index (χ3n) is 2.73. The summed E-state index contributed by atoms with van der Waals surface area (Å²) in [6.07, 6.45) is 1.07. The maximum Gasteiger partial charge on any atom is 0.115 e. The molecule has 3 N–H and O–H groups in total. The highest BCUT2D eigenvalue weighted by molar-refractivity contribution is 9.10. The van der Waals surface area contributed by atoms with Gasteiger partial charge in [-0.3, -0.25) is 4.90 Å². The molecule has 82 valence electrons. The first-order valence-corrected chi connectivity index (χ1v) is 5.90. The molecule has 1 heterocycles. The summed E-state index contributed by atoms with van der Waals surface area (Å²) in [6.45, 7) is 2.84.